The predicted molar refractivity (Wildman–Crippen MR) is 70.9 cm³/mol. The highest BCUT2D eigenvalue weighted by Gasteiger charge is 2.35. The number of hydrogen-bond donors (Lipinski definition) is 2. The van der Waals surface area contributed by atoms with Crippen molar-refractivity contribution in [3.63, 3.8) is 0 Å². The number of halogens is 1. The second-order valence-electron chi connectivity index (χ2n) is 4.54. The zero-order chi connectivity index (χ0) is 11.9. The first kappa shape index (κ1) is 11.0. The number of fused-ring (bicyclic) bond motifs is 1. The number of aromatic nitrogens is 2. The molecule has 1 aromatic carbocycles. The van der Waals surface area contributed by atoms with Crippen LogP contribution < -0.4 is 5.32 Å². The molecule has 0 saturated carbocycles. The molecule has 0 fully saturated rings. The van der Waals surface area contributed by atoms with Crippen molar-refractivity contribution in [1.29, 1.82) is 0 Å². The van der Waals surface area contributed by atoms with Crippen molar-refractivity contribution in [2.45, 2.75) is 18.9 Å². The molecule has 88 valence electrons. The van der Waals surface area contributed by atoms with Gasteiger partial charge in [0.1, 0.15) is 0 Å². The highest BCUT2D eigenvalue weighted by atomic mass is 79.9. The van der Waals surface area contributed by atoms with Crippen LogP contribution in [0.2, 0.25) is 0 Å². The van der Waals surface area contributed by atoms with Gasteiger partial charge in [-0.25, -0.2) is 4.98 Å². The number of aromatic amines is 1. The van der Waals surface area contributed by atoms with Gasteiger partial charge >= 0.3 is 0 Å². The Hall–Kier alpha value is -1.13. The van der Waals surface area contributed by atoms with E-state index in [1.807, 2.05) is 0 Å². The van der Waals surface area contributed by atoms with E-state index < -0.39 is 0 Å². The van der Waals surface area contributed by atoms with E-state index in [-0.39, 0.29) is 5.54 Å². The van der Waals surface area contributed by atoms with Crippen LogP contribution in [-0.4, -0.2) is 16.5 Å². The van der Waals surface area contributed by atoms with E-state index in [1.165, 1.54) is 11.3 Å². The van der Waals surface area contributed by atoms with Gasteiger partial charge in [0, 0.05) is 23.1 Å². The molecule has 4 heteroatoms. The summed E-state index contributed by atoms with van der Waals surface area (Å²) in [5.41, 5.74) is 3.42. The van der Waals surface area contributed by atoms with Crippen molar-refractivity contribution in [2.24, 2.45) is 0 Å². The standard InChI is InChI=1S/C13H14BrN3/c1-13(9-2-4-10(14)5-3-9)12-11(6-7-17-13)15-8-16-12/h2-5,8,17H,6-7H2,1H3,(H,15,16). The van der Waals surface area contributed by atoms with Gasteiger partial charge in [0.15, 0.2) is 0 Å². The lowest BCUT2D eigenvalue weighted by Gasteiger charge is -2.34. The summed E-state index contributed by atoms with van der Waals surface area (Å²) in [6, 6.07) is 8.42. The molecule has 0 bridgehead atoms. The SMILES string of the molecule is CC1(c2ccc(Br)cc2)NCCc2[nH]cnc21. The van der Waals surface area contributed by atoms with Crippen LogP contribution in [-0.2, 0) is 12.0 Å². The summed E-state index contributed by atoms with van der Waals surface area (Å²) in [5, 5.41) is 3.58. The Morgan fingerprint density at radius 3 is 2.82 bits per heavy atom. The van der Waals surface area contributed by atoms with Crippen LogP contribution in [0.3, 0.4) is 0 Å². The lowest BCUT2D eigenvalue weighted by Crippen LogP contribution is -2.46. The molecule has 1 aliphatic rings. The van der Waals surface area contributed by atoms with Gasteiger partial charge in [0.25, 0.3) is 0 Å². The first-order valence-corrected chi connectivity index (χ1v) is 6.53. The number of nitrogens with one attached hydrogen (secondary N) is 2. The van der Waals surface area contributed by atoms with E-state index in [4.69, 9.17) is 0 Å². The van der Waals surface area contributed by atoms with E-state index in [1.54, 1.807) is 6.33 Å². The molecule has 1 aromatic heterocycles. The Labute approximate surface area is 109 Å². The summed E-state index contributed by atoms with van der Waals surface area (Å²) in [6.45, 7) is 3.16. The molecule has 3 rings (SSSR count). The average molecular weight is 292 g/mol. The zero-order valence-electron chi connectivity index (χ0n) is 9.63. The van der Waals surface area contributed by atoms with E-state index in [2.05, 4.69) is 62.4 Å². The number of hydrogen-bond acceptors (Lipinski definition) is 2. The molecule has 1 aliphatic heterocycles. The summed E-state index contributed by atoms with van der Waals surface area (Å²) in [4.78, 5) is 7.71. The van der Waals surface area contributed by atoms with Crippen molar-refractivity contribution in [2.75, 3.05) is 6.54 Å². The zero-order valence-corrected chi connectivity index (χ0v) is 11.2. The molecule has 0 aliphatic carbocycles. The maximum absolute atomic E-state index is 4.48. The third kappa shape index (κ3) is 1.72. The number of imidazole rings is 1. The fraction of sp³-hybridized carbons (Fsp3) is 0.308. The van der Waals surface area contributed by atoms with Crippen LogP contribution in [0.1, 0.15) is 23.9 Å². The third-order valence-corrected chi connectivity index (χ3v) is 4.00. The third-order valence-electron chi connectivity index (χ3n) is 3.47. The maximum Gasteiger partial charge on any atom is 0.0926 e. The van der Waals surface area contributed by atoms with Gasteiger partial charge in [0.2, 0.25) is 0 Å². The summed E-state index contributed by atoms with van der Waals surface area (Å²) >= 11 is 3.47. The fourth-order valence-electron chi connectivity index (χ4n) is 2.49. The van der Waals surface area contributed by atoms with E-state index in [0.717, 1.165) is 23.1 Å². The lowest BCUT2D eigenvalue weighted by atomic mass is 9.84. The van der Waals surface area contributed by atoms with Crippen molar-refractivity contribution in [3.05, 3.63) is 52.0 Å². The van der Waals surface area contributed by atoms with E-state index in [9.17, 15) is 0 Å². The van der Waals surface area contributed by atoms with Crippen molar-refractivity contribution in [3.8, 4) is 0 Å². The molecule has 17 heavy (non-hydrogen) atoms. The second-order valence-corrected chi connectivity index (χ2v) is 5.45. The predicted octanol–water partition coefficient (Wildman–Crippen LogP) is 2.58. The lowest BCUT2D eigenvalue weighted by molar-refractivity contribution is 0.403. The summed E-state index contributed by atoms with van der Waals surface area (Å²) in [7, 11) is 0. The van der Waals surface area contributed by atoms with Crippen LogP contribution in [0.15, 0.2) is 35.1 Å². The van der Waals surface area contributed by atoms with Gasteiger partial charge in [-0.3, -0.25) is 0 Å². The molecule has 0 saturated heterocycles. The van der Waals surface area contributed by atoms with Crippen LogP contribution >= 0.6 is 15.9 Å². The fourth-order valence-corrected chi connectivity index (χ4v) is 2.75. The Bertz CT molecular complexity index is 532. The Morgan fingerprint density at radius 2 is 2.06 bits per heavy atom. The summed E-state index contributed by atoms with van der Waals surface area (Å²) in [6.07, 6.45) is 2.80. The normalized spacial score (nSPS) is 23.4. The highest BCUT2D eigenvalue weighted by Crippen LogP contribution is 2.32. The van der Waals surface area contributed by atoms with Crippen LogP contribution in [0.4, 0.5) is 0 Å². The smallest absolute Gasteiger partial charge is 0.0926 e. The molecule has 1 unspecified atom stereocenters. The molecule has 0 radical (unpaired) electrons. The molecule has 1 atom stereocenters. The largest absolute Gasteiger partial charge is 0.348 e. The first-order valence-electron chi connectivity index (χ1n) is 5.74. The molecule has 2 aromatic rings. The number of nitrogens with zero attached hydrogens (tertiary/aromatic N) is 1. The van der Waals surface area contributed by atoms with Crippen LogP contribution in [0.5, 0.6) is 0 Å². The number of rotatable bonds is 1. The van der Waals surface area contributed by atoms with Crippen LogP contribution in [0.25, 0.3) is 0 Å². The molecular formula is C13H14BrN3. The topological polar surface area (TPSA) is 40.7 Å². The molecule has 2 N–H and O–H groups in total. The molecule has 3 nitrogen and oxygen atoms in total. The van der Waals surface area contributed by atoms with Gasteiger partial charge in [-0.1, -0.05) is 28.1 Å². The first-order chi connectivity index (χ1) is 8.20. The van der Waals surface area contributed by atoms with Gasteiger partial charge < -0.3 is 10.3 Å². The van der Waals surface area contributed by atoms with E-state index >= 15 is 0 Å². The minimum Gasteiger partial charge on any atom is -0.348 e. The molecule has 2 heterocycles. The minimum absolute atomic E-state index is 0.186. The van der Waals surface area contributed by atoms with Gasteiger partial charge in [0.05, 0.1) is 17.6 Å². The van der Waals surface area contributed by atoms with E-state index in [0.29, 0.717) is 0 Å². The number of benzene rings is 1. The number of H-pyrrole nitrogens is 1. The second kappa shape index (κ2) is 3.96. The Balaban J connectivity index is 2.11. The van der Waals surface area contributed by atoms with Crippen LogP contribution in [0, 0.1) is 0 Å². The van der Waals surface area contributed by atoms with Crippen molar-refractivity contribution in [1.82, 2.24) is 15.3 Å². The summed E-state index contributed by atoms with van der Waals surface area (Å²) < 4.78 is 1.10. The van der Waals surface area contributed by atoms with Crippen molar-refractivity contribution < 1.29 is 0 Å². The summed E-state index contributed by atoms with van der Waals surface area (Å²) in [5.74, 6) is 0. The maximum atomic E-state index is 4.48. The van der Waals surface area contributed by atoms with Gasteiger partial charge in [-0.05, 0) is 24.6 Å². The van der Waals surface area contributed by atoms with Gasteiger partial charge in [-0.15, -0.1) is 0 Å². The molecule has 0 spiro atoms. The van der Waals surface area contributed by atoms with Gasteiger partial charge in [-0.2, -0.15) is 0 Å². The monoisotopic (exact) mass is 291 g/mol. The van der Waals surface area contributed by atoms with Crippen molar-refractivity contribution >= 4 is 15.9 Å². The average Bonchev–Trinajstić information content (AvgIpc) is 2.80. The molecular weight excluding hydrogens is 278 g/mol. The highest BCUT2D eigenvalue weighted by molar-refractivity contribution is 9.10. The minimum atomic E-state index is -0.186. The quantitative estimate of drug-likeness (QED) is 0.848. The Morgan fingerprint density at radius 1 is 1.29 bits per heavy atom. The molecule has 0 amide bonds. The Kier molecular flexibility index (Phi) is 2.56.